The van der Waals surface area contributed by atoms with E-state index in [4.69, 9.17) is 0 Å². The molecule has 3 saturated carbocycles. The van der Waals surface area contributed by atoms with E-state index in [9.17, 15) is 18.7 Å². The minimum absolute atomic E-state index is 0.00833. The molecule has 6 rings (SSSR count). The van der Waals surface area contributed by atoms with Crippen molar-refractivity contribution in [2.45, 2.75) is 31.7 Å². The van der Waals surface area contributed by atoms with Crippen molar-refractivity contribution < 1.29 is 18.7 Å². The van der Waals surface area contributed by atoms with E-state index in [1.807, 2.05) is 0 Å². The molecule has 3 N–H and O–H groups in total. The maximum atomic E-state index is 14.5. The zero-order valence-corrected chi connectivity index (χ0v) is 15.4. The molecule has 3 fully saturated rings. The van der Waals surface area contributed by atoms with Gasteiger partial charge >= 0.3 is 5.97 Å². The second kappa shape index (κ2) is 6.75. The van der Waals surface area contributed by atoms with Crippen molar-refractivity contribution in [3.05, 3.63) is 36.3 Å². The number of nitrogens with zero attached hydrogens (tertiary/aromatic N) is 3. The number of hydrogen-bond donors (Lipinski definition) is 3. The lowest BCUT2D eigenvalue weighted by Gasteiger charge is -2.46. The van der Waals surface area contributed by atoms with E-state index in [2.05, 4.69) is 25.3 Å². The van der Waals surface area contributed by atoms with E-state index in [1.54, 1.807) is 0 Å². The van der Waals surface area contributed by atoms with Crippen LogP contribution < -0.4 is 5.32 Å². The fourth-order valence-corrected chi connectivity index (χ4v) is 4.96. The van der Waals surface area contributed by atoms with Crippen LogP contribution in [-0.2, 0) is 4.79 Å². The van der Waals surface area contributed by atoms with Gasteiger partial charge in [-0.15, -0.1) is 0 Å². The van der Waals surface area contributed by atoms with Crippen LogP contribution in [0.15, 0.2) is 24.7 Å². The molecule has 9 heteroatoms. The lowest BCUT2D eigenvalue weighted by Crippen LogP contribution is -2.51. The first-order valence-corrected chi connectivity index (χ1v) is 9.66. The second-order valence-corrected chi connectivity index (χ2v) is 7.85. The number of hydrogen-bond acceptors (Lipinski definition) is 5. The number of aromatic amines is 1. The number of aliphatic carboxylic acids is 1. The van der Waals surface area contributed by atoms with Crippen LogP contribution in [0.4, 0.5) is 14.7 Å². The van der Waals surface area contributed by atoms with E-state index in [0.717, 1.165) is 38.1 Å². The molecule has 3 aliphatic carbocycles. The minimum atomic E-state index is -0.822. The Kier molecular flexibility index (Phi) is 4.18. The molecule has 0 spiro atoms. The summed E-state index contributed by atoms with van der Waals surface area (Å²) in [5.74, 6) is -1.98. The average molecular weight is 399 g/mol. The molecule has 3 aliphatic rings. The van der Waals surface area contributed by atoms with Crippen molar-refractivity contribution in [1.29, 1.82) is 0 Å². The van der Waals surface area contributed by atoms with Crippen molar-refractivity contribution >= 4 is 23.0 Å². The molecule has 0 saturated heterocycles. The normalized spacial score (nSPS) is 26.0. The standard InChI is InChI=1S/C20H19F2N5O2/c21-11-5-12-13(7-24-18(12)23-6-11)17-14(22)8-25-20(27-17)26-16-10-3-1-9(2-4-10)15(16)19(28)29/h5-10,15-16H,1-4H2,(H,23,24)(H,28,29)(H,25,26,27)/t9?,10?,15-,16-/m0/s1. The number of carboxylic acids is 1. The summed E-state index contributed by atoms with van der Waals surface area (Å²) in [5.41, 5.74) is 0.799. The highest BCUT2D eigenvalue weighted by atomic mass is 19.1. The molecule has 2 atom stereocenters. The van der Waals surface area contributed by atoms with Gasteiger partial charge in [-0.25, -0.2) is 23.7 Å². The lowest BCUT2D eigenvalue weighted by atomic mass is 9.61. The highest BCUT2D eigenvalue weighted by molar-refractivity contribution is 5.92. The fraction of sp³-hybridized carbons (Fsp3) is 0.400. The largest absolute Gasteiger partial charge is 0.481 e. The Labute approximate surface area is 164 Å². The summed E-state index contributed by atoms with van der Waals surface area (Å²) >= 11 is 0. The van der Waals surface area contributed by atoms with Crippen LogP contribution in [0.2, 0.25) is 0 Å². The topological polar surface area (TPSA) is 104 Å². The zero-order chi connectivity index (χ0) is 20.1. The third kappa shape index (κ3) is 3.01. The van der Waals surface area contributed by atoms with Crippen molar-refractivity contribution in [2.24, 2.45) is 17.8 Å². The number of H-pyrrole nitrogens is 1. The molecule has 3 aromatic rings. The number of aromatic nitrogens is 4. The van der Waals surface area contributed by atoms with Crippen molar-refractivity contribution in [1.82, 2.24) is 19.9 Å². The SMILES string of the molecule is O=C(O)[C@H]1C2CCC(CC2)[C@@H]1Nc1ncc(F)c(-c2c[nH]c3ncc(F)cc23)n1. The number of rotatable bonds is 4. The molecule has 150 valence electrons. The first-order chi connectivity index (χ1) is 14.0. The minimum Gasteiger partial charge on any atom is -0.481 e. The molecule has 0 amide bonds. The molecule has 3 heterocycles. The molecule has 29 heavy (non-hydrogen) atoms. The molecule has 3 aromatic heterocycles. The number of nitrogens with one attached hydrogen (secondary N) is 2. The third-order valence-corrected chi connectivity index (χ3v) is 6.30. The molecule has 0 aliphatic heterocycles. The van der Waals surface area contributed by atoms with Crippen molar-refractivity contribution in [3.63, 3.8) is 0 Å². The molecule has 2 bridgehead atoms. The van der Waals surface area contributed by atoms with Gasteiger partial charge in [-0.1, -0.05) is 0 Å². The van der Waals surface area contributed by atoms with Gasteiger partial charge in [-0.2, -0.15) is 0 Å². The number of halogens is 2. The first-order valence-electron chi connectivity index (χ1n) is 9.66. The van der Waals surface area contributed by atoms with Gasteiger partial charge in [-0.05, 0) is 43.6 Å². The van der Waals surface area contributed by atoms with E-state index in [-0.39, 0.29) is 29.5 Å². The highest BCUT2D eigenvalue weighted by Gasteiger charge is 2.47. The Morgan fingerprint density at radius 1 is 1.14 bits per heavy atom. The van der Waals surface area contributed by atoms with E-state index in [0.29, 0.717) is 16.6 Å². The van der Waals surface area contributed by atoms with Gasteiger partial charge in [0.25, 0.3) is 0 Å². The smallest absolute Gasteiger partial charge is 0.308 e. The summed E-state index contributed by atoms with van der Waals surface area (Å²) in [6.07, 6.45) is 7.42. The predicted molar refractivity (Wildman–Crippen MR) is 101 cm³/mol. The summed E-state index contributed by atoms with van der Waals surface area (Å²) < 4.78 is 28.2. The van der Waals surface area contributed by atoms with Crippen molar-refractivity contribution in [3.8, 4) is 11.3 Å². The first kappa shape index (κ1) is 18.0. The molecular weight excluding hydrogens is 380 g/mol. The van der Waals surface area contributed by atoms with Crippen LogP contribution in [0.25, 0.3) is 22.3 Å². The number of carboxylic acid groups (broad SMARTS) is 1. The maximum absolute atomic E-state index is 14.5. The Balaban J connectivity index is 1.51. The summed E-state index contributed by atoms with van der Waals surface area (Å²) in [4.78, 5) is 27.0. The molecule has 7 nitrogen and oxygen atoms in total. The van der Waals surface area contributed by atoms with E-state index >= 15 is 0 Å². The van der Waals surface area contributed by atoms with Crippen LogP contribution in [-0.4, -0.2) is 37.1 Å². The molecular formula is C20H19F2N5O2. The van der Waals surface area contributed by atoms with Gasteiger partial charge in [0.15, 0.2) is 5.82 Å². The molecule has 0 radical (unpaired) electrons. The summed E-state index contributed by atoms with van der Waals surface area (Å²) in [6, 6.07) is 0.976. The number of carbonyl (C=O) groups is 1. The fourth-order valence-electron chi connectivity index (χ4n) is 4.96. The third-order valence-electron chi connectivity index (χ3n) is 6.30. The van der Waals surface area contributed by atoms with Gasteiger partial charge in [0.2, 0.25) is 5.95 Å². The van der Waals surface area contributed by atoms with Gasteiger partial charge in [0.1, 0.15) is 17.2 Å². The maximum Gasteiger partial charge on any atom is 0.308 e. The van der Waals surface area contributed by atoms with E-state index in [1.165, 1.54) is 12.3 Å². The highest BCUT2D eigenvalue weighted by Crippen LogP contribution is 2.46. The number of anilines is 1. The predicted octanol–water partition coefficient (Wildman–Crippen LogP) is 3.60. The Morgan fingerprint density at radius 2 is 1.90 bits per heavy atom. The monoisotopic (exact) mass is 399 g/mol. The van der Waals surface area contributed by atoms with Crippen LogP contribution in [0.3, 0.4) is 0 Å². The van der Waals surface area contributed by atoms with Crippen LogP contribution in [0.1, 0.15) is 25.7 Å². The Morgan fingerprint density at radius 3 is 2.66 bits per heavy atom. The second-order valence-electron chi connectivity index (χ2n) is 7.85. The Hall–Kier alpha value is -3.10. The Bertz CT molecular complexity index is 1090. The van der Waals surface area contributed by atoms with Crippen LogP contribution in [0, 0.1) is 29.4 Å². The summed E-state index contributed by atoms with van der Waals surface area (Å²) in [7, 11) is 0. The van der Waals surface area contributed by atoms with E-state index < -0.39 is 23.5 Å². The number of fused-ring (bicyclic) bond motifs is 4. The van der Waals surface area contributed by atoms with Crippen LogP contribution in [0.5, 0.6) is 0 Å². The number of pyridine rings is 1. The summed E-state index contributed by atoms with van der Waals surface area (Å²) in [5, 5.41) is 13.3. The summed E-state index contributed by atoms with van der Waals surface area (Å²) in [6.45, 7) is 0. The van der Waals surface area contributed by atoms with Gasteiger partial charge in [-0.3, -0.25) is 4.79 Å². The lowest BCUT2D eigenvalue weighted by molar-refractivity contribution is -0.148. The zero-order valence-electron chi connectivity index (χ0n) is 15.4. The van der Waals surface area contributed by atoms with Gasteiger partial charge in [0, 0.05) is 23.2 Å². The molecule has 0 aromatic carbocycles. The van der Waals surface area contributed by atoms with Gasteiger partial charge in [0.05, 0.1) is 18.3 Å². The molecule has 0 unspecified atom stereocenters. The quantitative estimate of drug-likeness (QED) is 0.619. The van der Waals surface area contributed by atoms with Crippen LogP contribution >= 0.6 is 0 Å². The average Bonchev–Trinajstić information content (AvgIpc) is 3.13. The van der Waals surface area contributed by atoms with Crippen molar-refractivity contribution in [2.75, 3.05) is 5.32 Å². The van der Waals surface area contributed by atoms with Gasteiger partial charge < -0.3 is 15.4 Å².